The second-order valence-electron chi connectivity index (χ2n) is 9.96. The van der Waals surface area contributed by atoms with E-state index in [1.807, 2.05) is 44.2 Å². The van der Waals surface area contributed by atoms with Crippen molar-refractivity contribution in [2.75, 3.05) is 6.61 Å². The molecule has 3 aromatic heterocycles. The molecule has 2 aromatic carbocycles. The minimum atomic E-state index is -0.453. The summed E-state index contributed by atoms with van der Waals surface area (Å²) in [5.74, 6) is 0.648. The molecular formula is C33H29N3O3. The number of hydrogen-bond acceptors (Lipinski definition) is 6. The van der Waals surface area contributed by atoms with E-state index in [0.29, 0.717) is 13.0 Å². The quantitative estimate of drug-likeness (QED) is 0.208. The maximum atomic E-state index is 12.4. The lowest BCUT2D eigenvalue weighted by molar-refractivity contribution is -0.146. The van der Waals surface area contributed by atoms with Crippen LogP contribution in [0.25, 0.3) is 33.7 Å². The third-order valence-electron chi connectivity index (χ3n) is 7.46. The van der Waals surface area contributed by atoms with E-state index in [-0.39, 0.29) is 5.97 Å². The van der Waals surface area contributed by atoms with Crippen molar-refractivity contribution in [1.29, 1.82) is 0 Å². The van der Waals surface area contributed by atoms with Crippen LogP contribution in [-0.4, -0.2) is 27.7 Å². The smallest absolute Gasteiger partial charge is 0.316 e. The highest BCUT2D eigenvalue weighted by molar-refractivity contribution is 5.87. The molecule has 1 aliphatic carbocycles. The fraction of sp³-hybridized carbons (Fsp3) is 0.212. The summed E-state index contributed by atoms with van der Waals surface area (Å²) in [7, 11) is 0. The molecule has 0 unspecified atom stereocenters. The number of pyridine rings is 2. The van der Waals surface area contributed by atoms with Crippen LogP contribution in [0.3, 0.4) is 0 Å². The van der Waals surface area contributed by atoms with E-state index < -0.39 is 5.41 Å². The van der Waals surface area contributed by atoms with Crippen LogP contribution in [0.15, 0.2) is 95.8 Å². The van der Waals surface area contributed by atoms with E-state index in [0.717, 1.165) is 69.1 Å². The second-order valence-corrected chi connectivity index (χ2v) is 9.96. The molecule has 0 N–H and O–H groups in total. The number of carbonyl (C=O) groups is 1. The maximum Gasteiger partial charge on any atom is 0.316 e. The highest BCUT2D eigenvalue weighted by Gasteiger charge is 2.52. The summed E-state index contributed by atoms with van der Waals surface area (Å²) in [4.78, 5) is 21.4. The van der Waals surface area contributed by atoms with Gasteiger partial charge < -0.3 is 9.26 Å². The number of nitrogens with zero attached hydrogens (tertiary/aromatic N) is 3. The summed E-state index contributed by atoms with van der Waals surface area (Å²) >= 11 is 0. The van der Waals surface area contributed by atoms with Gasteiger partial charge in [-0.3, -0.25) is 14.8 Å². The van der Waals surface area contributed by atoms with Gasteiger partial charge in [0.1, 0.15) is 0 Å². The summed E-state index contributed by atoms with van der Waals surface area (Å²) in [6, 6.07) is 26.6. The van der Waals surface area contributed by atoms with E-state index >= 15 is 0 Å². The topological polar surface area (TPSA) is 78.1 Å². The van der Waals surface area contributed by atoms with Gasteiger partial charge in [0.05, 0.1) is 23.4 Å². The molecule has 0 spiro atoms. The number of aromatic nitrogens is 3. The van der Waals surface area contributed by atoms with Gasteiger partial charge in [-0.1, -0.05) is 59.8 Å². The molecule has 39 heavy (non-hydrogen) atoms. The van der Waals surface area contributed by atoms with Crippen molar-refractivity contribution < 1.29 is 14.1 Å². The molecule has 0 amide bonds. The molecule has 3 heterocycles. The number of benzene rings is 2. The van der Waals surface area contributed by atoms with Gasteiger partial charge in [0.2, 0.25) is 0 Å². The van der Waals surface area contributed by atoms with Crippen LogP contribution in [0.2, 0.25) is 0 Å². The van der Waals surface area contributed by atoms with Crippen LogP contribution >= 0.6 is 0 Å². The van der Waals surface area contributed by atoms with Crippen molar-refractivity contribution in [3.63, 3.8) is 0 Å². The van der Waals surface area contributed by atoms with Gasteiger partial charge in [0.15, 0.2) is 5.76 Å². The van der Waals surface area contributed by atoms with Crippen molar-refractivity contribution in [3.8, 4) is 33.7 Å². The van der Waals surface area contributed by atoms with Gasteiger partial charge in [-0.05, 0) is 67.6 Å². The molecule has 0 aliphatic heterocycles. The second kappa shape index (κ2) is 10.3. The van der Waals surface area contributed by atoms with E-state index in [9.17, 15) is 4.79 Å². The Hall–Kier alpha value is -4.58. The zero-order chi connectivity index (χ0) is 26.8. The van der Waals surface area contributed by atoms with Gasteiger partial charge in [-0.2, -0.15) is 0 Å². The largest absolute Gasteiger partial charge is 0.465 e. The highest BCUT2D eigenvalue weighted by atomic mass is 16.5. The minimum Gasteiger partial charge on any atom is -0.465 e. The lowest BCUT2D eigenvalue weighted by Crippen LogP contribution is -2.23. The molecule has 5 aromatic rings. The van der Waals surface area contributed by atoms with Gasteiger partial charge in [-0.25, -0.2) is 0 Å². The molecule has 0 atom stereocenters. The summed E-state index contributed by atoms with van der Waals surface area (Å²) < 4.78 is 11.1. The summed E-state index contributed by atoms with van der Waals surface area (Å²) in [5.41, 5.74) is 8.51. The van der Waals surface area contributed by atoms with Crippen LogP contribution in [0.5, 0.6) is 0 Å². The minimum absolute atomic E-state index is 0.112. The van der Waals surface area contributed by atoms with Crippen molar-refractivity contribution >= 4 is 5.97 Å². The average Bonchev–Trinajstić information content (AvgIpc) is 3.73. The summed E-state index contributed by atoms with van der Waals surface area (Å²) in [5, 5.41) is 4.27. The van der Waals surface area contributed by atoms with E-state index in [1.54, 1.807) is 12.4 Å². The first-order valence-electron chi connectivity index (χ1n) is 13.3. The summed E-state index contributed by atoms with van der Waals surface area (Å²) in [6.07, 6.45) is 5.87. The fourth-order valence-corrected chi connectivity index (χ4v) is 5.07. The lowest BCUT2D eigenvalue weighted by Gasteiger charge is -2.14. The molecule has 0 saturated heterocycles. The Labute approximate surface area is 227 Å². The maximum absolute atomic E-state index is 12.4. The van der Waals surface area contributed by atoms with Crippen LogP contribution in [0.4, 0.5) is 0 Å². The SMILES string of the molecule is CCOC(=O)C1(c2ccc(-c3ccc(-c4onc(C)c4Cc4cccc(-c5ccncc5)n4)cc3)cc2)CC1. The number of rotatable bonds is 8. The molecular weight excluding hydrogens is 486 g/mol. The molecule has 1 aliphatic rings. The predicted octanol–water partition coefficient (Wildman–Crippen LogP) is 6.96. The molecule has 1 fully saturated rings. The molecule has 0 bridgehead atoms. The molecule has 6 nitrogen and oxygen atoms in total. The first-order valence-corrected chi connectivity index (χ1v) is 13.3. The predicted molar refractivity (Wildman–Crippen MR) is 150 cm³/mol. The van der Waals surface area contributed by atoms with E-state index in [1.165, 1.54) is 0 Å². The monoisotopic (exact) mass is 515 g/mol. The Morgan fingerprint density at radius 3 is 2.21 bits per heavy atom. The molecule has 6 rings (SSSR count). The average molecular weight is 516 g/mol. The third-order valence-corrected chi connectivity index (χ3v) is 7.46. The van der Waals surface area contributed by atoms with Crippen LogP contribution in [0.1, 0.15) is 42.3 Å². The zero-order valence-electron chi connectivity index (χ0n) is 22.1. The fourth-order valence-electron chi connectivity index (χ4n) is 5.07. The van der Waals surface area contributed by atoms with E-state index in [2.05, 4.69) is 58.7 Å². The Morgan fingerprint density at radius 2 is 1.54 bits per heavy atom. The number of hydrogen-bond donors (Lipinski definition) is 0. The third kappa shape index (κ3) is 4.86. The number of aryl methyl sites for hydroxylation is 1. The zero-order valence-corrected chi connectivity index (χ0v) is 22.1. The molecule has 1 saturated carbocycles. The molecule has 194 valence electrons. The lowest BCUT2D eigenvalue weighted by atomic mass is 9.93. The van der Waals surface area contributed by atoms with Gasteiger partial charge in [-0.15, -0.1) is 0 Å². The van der Waals surface area contributed by atoms with Crippen molar-refractivity contribution in [1.82, 2.24) is 15.1 Å². The number of ether oxygens (including phenoxy) is 1. The van der Waals surface area contributed by atoms with Crippen LogP contribution < -0.4 is 0 Å². The Balaban J connectivity index is 1.22. The van der Waals surface area contributed by atoms with Crippen molar-refractivity contribution in [2.24, 2.45) is 0 Å². The van der Waals surface area contributed by atoms with Crippen molar-refractivity contribution in [2.45, 2.75) is 38.5 Å². The number of esters is 1. The van der Waals surface area contributed by atoms with Crippen molar-refractivity contribution in [3.05, 3.63) is 114 Å². The highest BCUT2D eigenvalue weighted by Crippen LogP contribution is 2.49. The Morgan fingerprint density at radius 1 is 0.872 bits per heavy atom. The van der Waals surface area contributed by atoms with Crippen LogP contribution in [0, 0.1) is 6.92 Å². The van der Waals surface area contributed by atoms with Gasteiger partial charge in [0.25, 0.3) is 0 Å². The molecule has 0 radical (unpaired) electrons. The standard InChI is InChI=1S/C33H29N3O3/c1-3-38-32(37)33(17-18-33)27-13-11-24(12-14-27)23-7-9-26(10-8-23)31-29(22(2)36-39-31)21-28-5-4-6-30(35-28)25-15-19-34-20-16-25/h4-16,19-20H,3,17-18,21H2,1-2H3. The molecule has 6 heteroatoms. The Kier molecular flexibility index (Phi) is 6.53. The van der Waals surface area contributed by atoms with Gasteiger partial charge in [0, 0.05) is 41.2 Å². The van der Waals surface area contributed by atoms with E-state index in [4.69, 9.17) is 14.2 Å². The van der Waals surface area contributed by atoms with Crippen LogP contribution in [-0.2, 0) is 21.4 Å². The first-order chi connectivity index (χ1) is 19.1. The normalized spacial score (nSPS) is 13.7. The summed E-state index contributed by atoms with van der Waals surface area (Å²) in [6.45, 7) is 4.22. The Bertz CT molecular complexity index is 1600. The van der Waals surface area contributed by atoms with Gasteiger partial charge >= 0.3 is 5.97 Å². The number of carbonyl (C=O) groups excluding carboxylic acids is 1. The first kappa shape index (κ1) is 24.7.